The van der Waals surface area contributed by atoms with Crippen LogP contribution < -0.4 is 5.73 Å². The van der Waals surface area contributed by atoms with Crippen LogP contribution in [0.25, 0.3) is 0 Å². The van der Waals surface area contributed by atoms with E-state index >= 15 is 0 Å². The summed E-state index contributed by atoms with van der Waals surface area (Å²) in [4.78, 5) is 12.2. The Labute approximate surface area is 95.7 Å². The highest BCUT2D eigenvalue weighted by molar-refractivity contribution is 6.00. The van der Waals surface area contributed by atoms with E-state index in [4.69, 9.17) is 5.73 Å². The molecule has 88 valence electrons. The van der Waals surface area contributed by atoms with Crippen LogP contribution >= 0.6 is 0 Å². The van der Waals surface area contributed by atoms with E-state index in [0.29, 0.717) is 5.56 Å². The van der Waals surface area contributed by atoms with Gasteiger partial charge in [-0.05, 0) is 38.1 Å². The Kier molecular flexibility index (Phi) is 3.20. The van der Waals surface area contributed by atoms with Gasteiger partial charge in [-0.1, -0.05) is 13.8 Å². The maximum atomic E-state index is 12.7. The summed E-state index contributed by atoms with van der Waals surface area (Å²) in [5.74, 6) is -0.415. The van der Waals surface area contributed by atoms with Crippen LogP contribution in [-0.2, 0) is 0 Å². The molecule has 1 rings (SSSR count). The Morgan fingerprint density at radius 1 is 1.12 bits per heavy atom. The lowest BCUT2D eigenvalue weighted by Gasteiger charge is -2.37. The fourth-order valence-electron chi connectivity index (χ4n) is 1.25. The van der Waals surface area contributed by atoms with Gasteiger partial charge in [-0.15, -0.1) is 0 Å². The third-order valence-corrected chi connectivity index (χ3v) is 3.28. The van der Waals surface area contributed by atoms with Gasteiger partial charge in [0.2, 0.25) is 0 Å². The van der Waals surface area contributed by atoms with Crippen molar-refractivity contribution in [1.29, 1.82) is 0 Å². The molecule has 0 spiro atoms. The largest absolute Gasteiger partial charge is 0.325 e. The van der Waals surface area contributed by atoms with E-state index in [2.05, 4.69) is 0 Å². The van der Waals surface area contributed by atoms with Crippen molar-refractivity contribution in [2.45, 2.75) is 33.2 Å². The number of hydrogen-bond donors (Lipinski definition) is 1. The summed E-state index contributed by atoms with van der Waals surface area (Å²) in [6, 6.07) is 5.55. The lowest BCUT2D eigenvalue weighted by atomic mass is 9.70. The van der Waals surface area contributed by atoms with Gasteiger partial charge in [-0.3, -0.25) is 4.79 Å². The van der Waals surface area contributed by atoms with E-state index in [9.17, 15) is 9.18 Å². The zero-order chi connectivity index (χ0) is 12.6. The highest BCUT2D eigenvalue weighted by Gasteiger charge is 2.40. The van der Waals surface area contributed by atoms with Crippen molar-refractivity contribution in [2.75, 3.05) is 0 Å². The van der Waals surface area contributed by atoms with Crippen molar-refractivity contribution < 1.29 is 9.18 Å². The van der Waals surface area contributed by atoms with Crippen LogP contribution in [0.4, 0.5) is 4.39 Å². The Hall–Kier alpha value is -1.22. The Bertz CT molecular complexity index is 387. The van der Waals surface area contributed by atoms with E-state index in [-0.39, 0.29) is 11.6 Å². The highest BCUT2D eigenvalue weighted by Crippen LogP contribution is 2.32. The third-order valence-electron chi connectivity index (χ3n) is 3.28. The quantitative estimate of drug-likeness (QED) is 0.801. The maximum Gasteiger partial charge on any atom is 0.170 e. The molecule has 2 nitrogen and oxygen atoms in total. The smallest absolute Gasteiger partial charge is 0.170 e. The van der Waals surface area contributed by atoms with Crippen molar-refractivity contribution in [3.63, 3.8) is 0 Å². The van der Waals surface area contributed by atoms with Crippen molar-refractivity contribution in [3.8, 4) is 0 Å². The summed E-state index contributed by atoms with van der Waals surface area (Å²) in [7, 11) is 0. The Morgan fingerprint density at radius 3 is 1.94 bits per heavy atom. The lowest BCUT2D eigenvalue weighted by molar-refractivity contribution is 0.0735. The minimum atomic E-state index is -0.690. The lowest BCUT2D eigenvalue weighted by Crippen LogP contribution is -2.51. The molecule has 3 heteroatoms. The predicted molar refractivity (Wildman–Crippen MR) is 62.8 cm³/mol. The predicted octanol–water partition coefficient (Wildman–Crippen LogP) is 2.77. The molecule has 0 atom stereocenters. The average molecular weight is 223 g/mol. The van der Waals surface area contributed by atoms with Gasteiger partial charge in [0.1, 0.15) is 5.82 Å². The molecule has 1 aromatic rings. The van der Waals surface area contributed by atoms with Crippen LogP contribution in [0.2, 0.25) is 0 Å². The third kappa shape index (κ3) is 2.30. The number of nitrogens with two attached hydrogens (primary N) is 1. The number of carbonyl (C=O) groups excluding carboxylic acids is 1. The van der Waals surface area contributed by atoms with Gasteiger partial charge in [-0.25, -0.2) is 4.39 Å². The van der Waals surface area contributed by atoms with Crippen molar-refractivity contribution >= 4 is 5.78 Å². The molecule has 0 unspecified atom stereocenters. The standard InChI is InChI=1S/C13H18FNO/c1-12(2,13(3,4)15)11(16)9-5-7-10(14)8-6-9/h5-8H,15H2,1-4H3. The molecule has 1 aromatic carbocycles. The number of halogens is 1. The van der Waals surface area contributed by atoms with E-state index in [1.165, 1.54) is 24.3 Å². The molecule has 2 N–H and O–H groups in total. The van der Waals surface area contributed by atoms with Crippen LogP contribution in [0.5, 0.6) is 0 Å². The molecule has 0 aliphatic rings. The molecule has 0 bridgehead atoms. The number of carbonyl (C=O) groups is 1. The molecule has 0 radical (unpaired) electrons. The van der Waals surface area contributed by atoms with Gasteiger partial charge in [0.15, 0.2) is 5.78 Å². The van der Waals surface area contributed by atoms with E-state index in [1.807, 2.05) is 13.8 Å². The zero-order valence-corrected chi connectivity index (χ0v) is 10.2. The van der Waals surface area contributed by atoms with Crippen LogP contribution in [-0.4, -0.2) is 11.3 Å². The Balaban J connectivity index is 3.07. The summed E-state index contributed by atoms with van der Waals surface area (Å²) in [6.45, 7) is 7.24. The molecule has 16 heavy (non-hydrogen) atoms. The van der Waals surface area contributed by atoms with Gasteiger partial charge in [-0.2, -0.15) is 0 Å². The average Bonchev–Trinajstić information content (AvgIpc) is 2.16. The van der Waals surface area contributed by atoms with Crippen LogP contribution in [0.1, 0.15) is 38.1 Å². The molecule has 0 amide bonds. The minimum absolute atomic E-state index is 0.0694. The van der Waals surface area contributed by atoms with Gasteiger partial charge in [0.05, 0.1) is 0 Å². The fourth-order valence-corrected chi connectivity index (χ4v) is 1.25. The summed E-state index contributed by atoms with van der Waals surface area (Å²) in [5, 5.41) is 0. The number of hydrogen-bond acceptors (Lipinski definition) is 2. The van der Waals surface area contributed by atoms with Crippen molar-refractivity contribution in [3.05, 3.63) is 35.6 Å². The first kappa shape index (κ1) is 12.8. The molecule has 0 aliphatic carbocycles. The van der Waals surface area contributed by atoms with Gasteiger partial charge < -0.3 is 5.73 Å². The topological polar surface area (TPSA) is 43.1 Å². The van der Waals surface area contributed by atoms with Crippen LogP contribution in [0.15, 0.2) is 24.3 Å². The normalized spacial score (nSPS) is 12.6. The summed E-state index contributed by atoms with van der Waals surface area (Å²) >= 11 is 0. The van der Waals surface area contributed by atoms with E-state index < -0.39 is 11.0 Å². The summed E-state index contributed by atoms with van der Waals surface area (Å²) < 4.78 is 12.7. The van der Waals surface area contributed by atoms with Crippen LogP contribution in [0.3, 0.4) is 0 Å². The number of benzene rings is 1. The maximum absolute atomic E-state index is 12.7. The molecule has 0 heterocycles. The minimum Gasteiger partial charge on any atom is -0.325 e. The van der Waals surface area contributed by atoms with Gasteiger partial charge >= 0.3 is 0 Å². The van der Waals surface area contributed by atoms with Crippen molar-refractivity contribution in [1.82, 2.24) is 0 Å². The van der Waals surface area contributed by atoms with Gasteiger partial charge in [0.25, 0.3) is 0 Å². The van der Waals surface area contributed by atoms with E-state index in [0.717, 1.165) is 0 Å². The zero-order valence-electron chi connectivity index (χ0n) is 10.2. The number of ketones is 1. The highest BCUT2D eigenvalue weighted by atomic mass is 19.1. The molecule has 0 saturated carbocycles. The number of Topliss-reactive ketones (excluding diaryl/α,β-unsaturated/α-hetero) is 1. The second-order valence-electron chi connectivity index (χ2n) is 5.18. The molecule has 0 aliphatic heterocycles. The SMILES string of the molecule is CC(C)(N)C(C)(C)C(=O)c1ccc(F)cc1. The second-order valence-corrected chi connectivity index (χ2v) is 5.18. The molecular formula is C13H18FNO. The summed E-state index contributed by atoms with van der Waals surface area (Å²) in [6.07, 6.45) is 0. The second kappa shape index (κ2) is 3.98. The van der Waals surface area contributed by atoms with Gasteiger partial charge in [0, 0.05) is 16.5 Å². The van der Waals surface area contributed by atoms with Crippen LogP contribution in [0, 0.1) is 11.2 Å². The first-order valence-corrected chi connectivity index (χ1v) is 5.25. The molecule has 0 aromatic heterocycles. The number of rotatable bonds is 3. The molecule has 0 saturated heterocycles. The van der Waals surface area contributed by atoms with E-state index in [1.54, 1.807) is 13.8 Å². The first-order valence-electron chi connectivity index (χ1n) is 5.25. The molecular weight excluding hydrogens is 205 g/mol. The van der Waals surface area contributed by atoms with Crippen molar-refractivity contribution in [2.24, 2.45) is 11.1 Å². The molecule has 0 fully saturated rings. The first-order chi connectivity index (χ1) is 7.16. The Morgan fingerprint density at radius 2 is 1.56 bits per heavy atom. The monoisotopic (exact) mass is 223 g/mol. The fraction of sp³-hybridized carbons (Fsp3) is 0.462. The summed E-state index contributed by atoms with van der Waals surface area (Å²) in [5.41, 5.74) is 5.16.